The van der Waals surface area contributed by atoms with Gasteiger partial charge in [0, 0.05) is 28.0 Å². The van der Waals surface area contributed by atoms with E-state index in [1.807, 2.05) is 24.4 Å². The molecule has 100 valence electrons. The molecule has 1 heterocycles. The monoisotopic (exact) mass is 321 g/mol. The number of aromatic nitrogens is 1. The van der Waals surface area contributed by atoms with Crippen LogP contribution in [0.3, 0.4) is 0 Å². The van der Waals surface area contributed by atoms with Crippen molar-refractivity contribution in [3.05, 3.63) is 46.2 Å². The first kappa shape index (κ1) is 12.8. The van der Waals surface area contributed by atoms with Gasteiger partial charge in [-0.15, -0.1) is 0 Å². The molecule has 1 atom stereocenters. The molecule has 0 saturated heterocycles. The van der Waals surface area contributed by atoms with Gasteiger partial charge in [-0.2, -0.15) is 0 Å². The van der Waals surface area contributed by atoms with Gasteiger partial charge < -0.3 is 14.4 Å². The zero-order chi connectivity index (χ0) is 13.4. The molecule has 0 aliphatic heterocycles. The molecule has 1 aromatic heterocycles. The second kappa shape index (κ2) is 5.02. The summed E-state index contributed by atoms with van der Waals surface area (Å²) in [6, 6.07) is 8.02. The average Bonchev–Trinajstić information content (AvgIpc) is 2.83. The molecule has 1 aliphatic rings. The lowest BCUT2D eigenvalue weighted by Gasteiger charge is -2.20. The van der Waals surface area contributed by atoms with Crippen molar-refractivity contribution >= 4 is 15.9 Å². The minimum absolute atomic E-state index is 0.320. The Balaban J connectivity index is 2.10. The number of halogens is 1. The Morgan fingerprint density at radius 3 is 3.00 bits per heavy atom. The molecule has 1 unspecified atom stereocenters. The lowest BCUT2D eigenvalue weighted by Crippen LogP contribution is -2.11. The molecular weight excluding hydrogens is 306 g/mol. The molecule has 0 fully saturated rings. The van der Waals surface area contributed by atoms with Gasteiger partial charge in [0.15, 0.2) is 0 Å². The maximum Gasteiger partial charge on any atom is 0.122 e. The highest BCUT2D eigenvalue weighted by molar-refractivity contribution is 9.10. The van der Waals surface area contributed by atoms with Crippen molar-refractivity contribution < 1.29 is 9.84 Å². The number of benzene rings is 1. The van der Waals surface area contributed by atoms with E-state index >= 15 is 0 Å². The minimum Gasteiger partial charge on any atom is -0.497 e. The number of nitrogens with zero attached hydrogens (tertiary/aromatic N) is 1. The van der Waals surface area contributed by atoms with E-state index < -0.39 is 0 Å². The minimum atomic E-state index is -0.320. The number of hydrogen-bond donors (Lipinski definition) is 1. The van der Waals surface area contributed by atoms with E-state index in [1.54, 1.807) is 7.11 Å². The molecule has 19 heavy (non-hydrogen) atoms. The molecule has 1 aromatic carbocycles. The Labute approximate surface area is 121 Å². The van der Waals surface area contributed by atoms with Gasteiger partial charge in [0.05, 0.1) is 18.9 Å². The first-order valence-electron chi connectivity index (χ1n) is 6.42. The normalized spacial score (nSPS) is 18.2. The van der Waals surface area contributed by atoms with Crippen molar-refractivity contribution in [3.8, 4) is 11.4 Å². The fourth-order valence-electron chi connectivity index (χ4n) is 2.71. The van der Waals surface area contributed by atoms with Crippen LogP contribution in [0.4, 0.5) is 0 Å². The fraction of sp³-hybridized carbons (Fsp3) is 0.333. The Morgan fingerprint density at radius 1 is 1.37 bits per heavy atom. The Bertz CT molecular complexity index is 606. The Morgan fingerprint density at radius 2 is 2.21 bits per heavy atom. The number of hydrogen-bond acceptors (Lipinski definition) is 2. The molecule has 3 rings (SSSR count). The van der Waals surface area contributed by atoms with Gasteiger partial charge in [0.25, 0.3) is 0 Å². The first-order valence-corrected chi connectivity index (χ1v) is 7.21. The molecule has 0 radical (unpaired) electrons. The van der Waals surface area contributed by atoms with Gasteiger partial charge in [0.1, 0.15) is 5.75 Å². The van der Waals surface area contributed by atoms with Crippen LogP contribution in [0.15, 0.2) is 34.9 Å². The summed E-state index contributed by atoms with van der Waals surface area (Å²) >= 11 is 3.50. The second-order valence-corrected chi connectivity index (χ2v) is 5.76. The molecule has 0 amide bonds. The topological polar surface area (TPSA) is 34.4 Å². The maximum atomic E-state index is 10.0. The first-order chi connectivity index (χ1) is 9.19. The zero-order valence-corrected chi connectivity index (χ0v) is 12.4. The quantitative estimate of drug-likeness (QED) is 0.916. The summed E-state index contributed by atoms with van der Waals surface area (Å²) in [6.07, 6.45) is 4.61. The van der Waals surface area contributed by atoms with Gasteiger partial charge in [-0.05, 0) is 37.5 Å². The molecule has 1 N–H and O–H groups in total. The molecular formula is C15H16BrNO2. The largest absolute Gasteiger partial charge is 0.497 e. The Kier molecular flexibility index (Phi) is 3.37. The van der Waals surface area contributed by atoms with E-state index in [-0.39, 0.29) is 6.10 Å². The van der Waals surface area contributed by atoms with Crippen LogP contribution >= 0.6 is 15.9 Å². The highest BCUT2D eigenvalue weighted by atomic mass is 79.9. The van der Waals surface area contributed by atoms with Crippen LogP contribution in [0.2, 0.25) is 0 Å². The zero-order valence-electron chi connectivity index (χ0n) is 10.8. The Hall–Kier alpha value is -1.26. The van der Waals surface area contributed by atoms with Crippen LogP contribution in [-0.2, 0) is 6.42 Å². The van der Waals surface area contributed by atoms with Crippen LogP contribution in [0, 0.1) is 0 Å². The van der Waals surface area contributed by atoms with Gasteiger partial charge in [0.2, 0.25) is 0 Å². The molecule has 1 aliphatic carbocycles. The standard InChI is InChI=1S/C15H16BrNO2/c1-19-12-8-10(16)7-11(9-12)17-6-5-13-14(17)3-2-4-15(13)18/h5-9,15,18H,2-4H2,1H3. The van der Waals surface area contributed by atoms with Gasteiger partial charge in [-0.25, -0.2) is 0 Å². The molecule has 4 heteroatoms. The van der Waals surface area contributed by atoms with Crippen LogP contribution in [-0.4, -0.2) is 16.8 Å². The smallest absolute Gasteiger partial charge is 0.122 e. The molecule has 2 aromatic rings. The number of ether oxygens (including phenoxy) is 1. The van der Waals surface area contributed by atoms with Crippen molar-refractivity contribution in [3.63, 3.8) is 0 Å². The van der Waals surface area contributed by atoms with E-state index in [1.165, 1.54) is 5.69 Å². The van der Waals surface area contributed by atoms with Gasteiger partial charge >= 0.3 is 0 Å². The summed E-state index contributed by atoms with van der Waals surface area (Å²) in [4.78, 5) is 0. The summed E-state index contributed by atoms with van der Waals surface area (Å²) in [7, 11) is 1.67. The van der Waals surface area contributed by atoms with E-state index in [0.29, 0.717) is 0 Å². The number of methoxy groups -OCH3 is 1. The number of rotatable bonds is 2. The van der Waals surface area contributed by atoms with Crippen molar-refractivity contribution in [1.82, 2.24) is 4.57 Å². The third kappa shape index (κ3) is 2.30. The highest BCUT2D eigenvalue weighted by Crippen LogP contribution is 2.33. The predicted octanol–water partition coefficient (Wildman–Crippen LogP) is 3.62. The second-order valence-electron chi connectivity index (χ2n) is 4.85. The van der Waals surface area contributed by atoms with E-state index in [0.717, 1.165) is 40.7 Å². The van der Waals surface area contributed by atoms with Crippen molar-refractivity contribution in [1.29, 1.82) is 0 Å². The summed E-state index contributed by atoms with van der Waals surface area (Å²) in [5.74, 6) is 0.822. The number of aliphatic hydroxyl groups is 1. The lowest BCUT2D eigenvalue weighted by atomic mass is 9.95. The summed E-state index contributed by atoms with van der Waals surface area (Å²) in [5.41, 5.74) is 3.32. The summed E-state index contributed by atoms with van der Waals surface area (Å²) in [5, 5.41) is 10.0. The number of fused-ring (bicyclic) bond motifs is 1. The van der Waals surface area contributed by atoms with Crippen LogP contribution in [0.25, 0.3) is 5.69 Å². The van der Waals surface area contributed by atoms with Gasteiger partial charge in [-0.3, -0.25) is 0 Å². The summed E-state index contributed by atoms with van der Waals surface area (Å²) in [6.45, 7) is 0. The SMILES string of the molecule is COc1cc(Br)cc(-n2ccc3c2CCCC3O)c1. The average molecular weight is 322 g/mol. The molecule has 0 saturated carbocycles. The molecule has 0 spiro atoms. The van der Waals surface area contributed by atoms with Crippen molar-refractivity contribution in [2.75, 3.05) is 7.11 Å². The van der Waals surface area contributed by atoms with Crippen LogP contribution in [0.1, 0.15) is 30.2 Å². The summed E-state index contributed by atoms with van der Waals surface area (Å²) < 4.78 is 8.44. The lowest BCUT2D eigenvalue weighted by molar-refractivity contribution is 0.156. The highest BCUT2D eigenvalue weighted by Gasteiger charge is 2.21. The van der Waals surface area contributed by atoms with Crippen molar-refractivity contribution in [2.45, 2.75) is 25.4 Å². The van der Waals surface area contributed by atoms with Crippen LogP contribution in [0.5, 0.6) is 5.75 Å². The van der Waals surface area contributed by atoms with E-state index in [9.17, 15) is 5.11 Å². The third-order valence-electron chi connectivity index (χ3n) is 3.65. The maximum absolute atomic E-state index is 10.0. The fourth-order valence-corrected chi connectivity index (χ4v) is 3.17. The van der Waals surface area contributed by atoms with Crippen LogP contribution < -0.4 is 4.74 Å². The molecule has 3 nitrogen and oxygen atoms in total. The van der Waals surface area contributed by atoms with Crippen molar-refractivity contribution in [2.24, 2.45) is 0 Å². The third-order valence-corrected chi connectivity index (χ3v) is 4.11. The van der Waals surface area contributed by atoms with E-state index in [2.05, 4.69) is 26.6 Å². The predicted molar refractivity (Wildman–Crippen MR) is 77.9 cm³/mol. The van der Waals surface area contributed by atoms with Gasteiger partial charge in [-0.1, -0.05) is 15.9 Å². The molecule has 0 bridgehead atoms. The van der Waals surface area contributed by atoms with E-state index in [4.69, 9.17) is 4.74 Å². The number of aliphatic hydroxyl groups excluding tert-OH is 1.